The van der Waals surface area contributed by atoms with Crippen LogP contribution in [0.3, 0.4) is 0 Å². The number of hydrogen-bond acceptors (Lipinski definition) is 8. The van der Waals surface area contributed by atoms with Crippen molar-refractivity contribution in [1.82, 2.24) is 10.2 Å². The second-order valence-corrected chi connectivity index (χ2v) is 12.8. The number of aryl methyl sites for hydroxylation is 3. The molecule has 6 rings (SSSR count). The van der Waals surface area contributed by atoms with Gasteiger partial charge in [0.05, 0.1) is 11.6 Å². The number of thioether (sulfide) groups is 1. The maximum Gasteiger partial charge on any atom is 0.301 e. The number of amides is 1. The molecule has 0 radical (unpaired) electrons. The molecule has 1 unspecified atom stereocenters. The van der Waals surface area contributed by atoms with Crippen molar-refractivity contribution in [3.63, 3.8) is 0 Å². The zero-order valence-corrected chi connectivity index (χ0v) is 26.0. The van der Waals surface area contributed by atoms with Gasteiger partial charge in [0.25, 0.3) is 5.78 Å². The molecule has 9 heteroatoms. The molecule has 0 aliphatic carbocycles. The van der Waals surface area contributed by atoms with Crippen molar-refractivity contribution >= 4 is 45.7 Å². The monoisotopic (exact) mass is 619 g/mol. The number of aliphatic hydroxyl groups is 1. The Morgan fingerprint density at radius 3 is 2.36 bits per heavy atom. The normalized spacial score (nSPS) is 16.0. The molecule has 4 aromatic carbocycles. The molecule has 1 saturated heterocycles. The summed E-state index contributed by atoms with van der Waals surface area (Å²) < 4.78 is 6.74. The van der Waals surface area contributed by atoms with E-state index in [2.05, 4.69) is 34.5 Å². The van der Waals surface area contributed by atoms with Gasteiger partial charge in [-0.3, -0.25) is 14.5 Å². The van der Waals surface area contributed by atoms with Gasteiger partial charge in [-0.05, 0) is 67.8 Å². The number of aromatic nitrogens is 2. The minimum atomic E-state index is -0.947. The lowest BCUT2D eigenvalue weighted by molar-refractivity contribution is -0.132. The molecule has 1 aliphatic heterocycles. The Morgan fingerprint density at radius 2 is 1.59 bits per heavy atom. The lowest BCUT2D eigenvalue weighted by atomic mass is 9.93. The van der Waals surface area contributed by atoms with E-state index < -0.39 is 17.7 Å². The van der Waals surface area contributed by atoms with Crippen molar-refractivity contribution in [3.05, 3.63) is 136 Å². The summed E-state index contributed by atoms with van der Waals surface area (Å²) in [6, 6.07) is 29.5. The fourth-order valence-corrected chi connectivity index (χ4v) is 6.86. The molecule has 2 heterocycles. The predicted molar refractivity (Wildman–Crippen MR) is 174 cm³/mol. The van der Waals surface area contributed by atoms with Crippen LogP contribution in [0.1, 0.15) is 39.4 Å². The SMILES string of the molecule is Cc1ccc(CSc2nnc(N3C(=O)C(=O)/C(=C(/O)c4cc(C)ccc4C)C3c3cccc(Oc4ccccc4)c3)s2)cc1. The molecule has 1 N–H and O–H groups in total. The van der Waals surface area contributed by atoms with E-state index in [9.17, 15) is 14.7 Å². The van der Waals surface area contributed by atoms with E-state index in [1.54, 1.807) is 18.2 Å². The third kappa shape index (κ3) is 6.02. The zero-order valence-electron chi connectivity index (χ0n) is 24.4. The van der Waals surface area contributed by atoms with Crippen LogP contribution < -0.4 is 9.64 Å². The number of anilines is 1. The first-order valence-corrected chi connectivity index (χ1v) is 15.8. The van der Waals surface area contributed by atoms with Gasteiger partial charge < -0.3 is 9.84 Å². The number of Topliss-reactive ketones (excluding diaryl/α,β-unsaturated/α-hetero) is 1. The van der Waals surface area contributed by atoms with Crippen LogP contribution in [0.25, 0.3) is 5.76 Å². The lowest BCUT2D eigenvalue weighted by Gasteiger charge is -2.23. The number of rotatable bonds is 8. The Labute approximate surface area is 263 Å². The third-order valence-corrected chi connectivity index (χ3v) is 9.46. The van der Waals surface area contributed by atoms with Crippen molar-refractivity contribution in [1.29, 1.82) is 0 Å². The van der Waals surface area contributed by atoms with Gasteiger partial charge in [0.2, 0.25) is 5.13 Å². The van der Waals surface area contributed by atoms with Crippen LogP contribution in [-0.2, 0) is 15.3 Å². The highest BCUT2D eigenvalue weighted by Gasteiger charge is 2.48. The summed E-state index contributed by atoms with van der Waals surface area (Å²) in [5.74, 6) is 0.0631. The second kappa shape index (κ2) is 12.5. The number of hydrogen-bond donors (Lipinski definition) is 1. The molecule has 7 nitrogen and oxygen atoms in total. The van der Waals surface area contributed by atoms with Gasteiger partial charge in [-0.1, -0.05) is 101 Å². The summed E-state index contributed by atoms with van der Waals surface area (Å²) in [4.78, 5) is 28.8. The van der Waals surface area contributed by atoms with Crippen LogP contribution in [0.4, 0.5) is 5.13 Å². The Morgan fingerprint density at radius 1 is 0.864 bits per heavy atom. The summed E-state index contributed by atoms with van der Waals surface area (Å²) in [5.41, 5.74) is 5.10. The summed E-state index contributed by atoms with van der Waals surface area (Å²) in [5, 5.41) is 20.6. The molecule has 0 saturated carbocycles. The molecular formula is C35H29N3O4S2. The molecule has 1 atom stereocenters. The van der Waals surface area contributed by atoms with Crippen molar-refractivity contribution < 1.29 is 19.4 Å². The van der Waals surface area contributed by atoms with Crippen LogP contribution in [0.2, 0.25) is 0 Å². The molecule has 1 amide bonds. The molecule has 1 fully saturated rings. The number of nitrogens with zero attached hydrogens (tertiary/aromatic N) is 3. The number of carbonyl (C=O) groups is 2. The summed E-state index contributed by atoms with van der Waals surface area (Å²) in [6.45, 7) is 5.81. The van der Waals surface area contributed by atoms with E-state index in [1.807, 2.05) is 75.4 Å². The van der Waals surface area contributed by atoms with Gasteiger partial charge in [-0.2, -0.15) is 0 Å². The number of benzene rings is 4. The molecule has 5 aromatic rings. The smallest absolute Gasteiger partial charge is 0.301 e. The third-order valence-electron chi connectivity index (χ3n) is 7.33. The number of ketones is 1. The number of aliphatic hydroxyl groups excluding tert-OH is 1. The van der Waals surface area contributed by atoms with Crippen LogP contribution in [-0.4, -0.2) is 27.0 Å². The predicted octanol–water partition coefficient (Wildman–Crippen LogP) is 8.17. The summed E-state index contributed by atoms with van der Waals surface area (Å²) in [6.07, 6.45) is 0. The topological polar surface area (TPSA) is 92.6 Å². The van der Waals surface area contributed by atoms with E-state index >= 15 is 0 Å². The van der Waals surface area contributed by atoms with Crippen LogP contribution in [0.15, 0.2) is 107 Å². The van der Waals surface area contributed by atoms with Crippen LogP contribution >= 0.6 is 23.1 Å². The first-order valence-electron chi connectivity index (χ1n) is 14.0. The average molecular weight is 620 g/mol. The van der Waals surface area contributed by atoms with Crippen LogP contribution in [0, 0.1) is 20.8 Å². The molecule has 1 aromatic heterocycles. The molecule has 0 spiro atoms. The number of ether oxygens (including phenoxy) is 1. The van der Waals surface area contributed by atoms with E-state index in [4.69, 9.17) is 4.74 Å². The van der Waals surface area contributed by atoms with Crippen molar-refractivity contribution in [2.75, 3.05) is 4.90 Å². The quantitative estimate of drug-likeness (QED) is 0.0616. The van der Waals surface area contributed by atoms with Crippen molar-refractivity contribution in [2.45, 2.75) is 36.9 Å². The van der Waals surface area contributed by atoms with Crippen molar-refractivity contribution in [3.8, 4) is 11.5 Å². The van der Waals surface area contributed by atoms with E-state index in [0.29, 0.717) is 32.7 Å². The summed E-state index contributed by atoms with van der Waals surface area (Å²) >= 11 is 2.75. The minimum Gasteiger partial charge on any atom is -0.507 e. The van der Waals surface area contributed by atoms with Gasteiger partial charge in [0.1, 0.15) is 17.3 Å². The van der Waals surface area contributed by atoms with Gasteiger partial charge in [0, 0.05) is 11.3 Å². The first-order chi connectivity index (χ1) is 21.3. The first kappa shape index (κ1) is 29.3. The molecular weight excluding hydrogens is 591 g/mol. The highest BCUT2D eigenvalue weighted by Crippen LogP contribution is 2.45. The van der Waals surface area contributed by atoms with Gasteiger partial charge >= 0.3 is 5.91 Å². The fraction of sp³-hybridized carbons (Fsp3) is 0.143. The molecule has 220 valence electrons. The van der Waals surface area contributed by atoms with Crippen molar-refractivity contribution in [2.24, 2.45) is 0 Å². The highest BCUT2D eigenvalue weighted by molar-refractivity contribution is 8.00. The second-order valence-electron chi connectivity index (χ2n) is 10.6. The lowest BCUT2D eigenvalue weighted by Crippen LogP contribution is -2.29. The zero-order chi connectivity index (χ0) is 30.8. The Balaban J connectivity index is 1.41. The summed E-state index contributed by atoms with van der Waals surface area (Å²) in [7, 11) is 0. The number of para-hydroxylation sites is 1. The Kier molecular flexibility index (Phi) is 8.32. The fourth-order valence-electron chi connectivity index (χ4n) is 5.04. The highest BCUT2D eigenvalue weighted by atomic mass is 32.2. The van der Waals surface area contributed by atoms with Gasteiger partial charge in [-0.15, -0.1) is 10.2 Å². The van der Waals surface area contributed by atoms with Crippen LogP contribution in [0.5, 0.6) is 11.5 Å². The van der Waals surface area contributed by atoms with Gasteiger partial charge in [0.15, 0.2) is 4.34 Å². The standard InChI is InChI=1S/C35H29N3O4S2/c1-21-13-16-24(17-14-21)20-43-35-37-36-34(44-35)38-30(25-8-7-11-27(19-25)42-26-9-5-4-6-10-26)29(32(40)33(38)41)31(39)28-18-22(2)12-15-23(28)3/h4-19,30,39H,20H2,1-3H3/b31-29+. The van der Waals surface area contributed by atoms with E-state index in [-0.39, 0.29) is 16.5 Å². The maximum absolute atomic E-state index is 13.7. The Bertz CT molecular complexity index is 1880. The minimum absolute atomic E-state index is 0.00961. The molecule has 0 bridgehead atoms. The van der Waals surface area contributed by atoms with Gasteiger partial charge in [-0.25, -0.2) is 0 Å². The number of carbonyl (C=O) groups excluding carboxylic acids is 2. The van der Waals surface area contributed by atoms with E-state index in [0.717, 1.165) is 16.7 Å². The Hall–Kier alpha value is -4.73. The molecule has 1 aliphatic rings. The molecule has 44 heavy (non-hydrogen) atoms. The largest absolute Gasteiger partial charge is 0.507 e. The van der Waals surface area contributed by atoms with E-state index in [1.165, 1.54) is 33.6 Å². The average Bonchev–Trinajstić information content (AvgIpc) is 3.60. The maximum atomic E-state index is 13.7.